The van der Waals surface area contributed by atoms with Crippen molar-refractivity contribution in [3.8, 4) is 22.6 Å². The van der Waals surface area contributed by atoms with Crippen molar-refractivity contribution in [1.29, 1.82) is 0 Å². The third kappa shape index (κ3) is 5.14. The number of phenols is 1. The second-order valence-electron chi connectivity index (χ2n) is 7.45. The van der Waals surface area contributed by atoms with Gasteiger partial charge in [-0.1, -0.05) is 65.7 Å². The highest BCUT2D eigenvalue weighted by Gasteiger charge is 2.21. The molecule has 166 valence electrons. The van der Waals surface area contributed by atoms with Crippen LogP contribution in [0, 0.1) is 0 Å². The summed E-state index contributed by atoms with van der Waals surface area (Å²) in [6.45, 7) is 0. The van der Waals surface area contributed by atoms with Gasteiger partial charge in [0.15, 0.2) is 0 Å². The number of ether oxygens (including phenoxy) is 1. The maximum atomic E-state index is 13.4. The van der Waals surface area contributed by atoms with E-state index in [1.54, 1.807) is 37.4 Å². The van der Waals surface area contributed by atoms with Gasteiger partial charge in [0, 0.05) is 22.2 Å². The Bertz CT molecular complexity index is 1290. The number of carbonyl (C=O) groups excluding carboxylic acids is 1. The molecule has 0 fully saturated rings. The highest BCUT2D eigenvalue weighted by Crippen LogP contribution is 2.36. The average molecular weight is 478 g/mol. The molecule has 4 aromatic carbocycles. The lowest BCUT2D eigenvalue weighted by atomic mass is 9.93. The van der Waals surface area contributed by atoms with Gasteiger partial charge in [0.05, 0.1) is 12.7 Å². The minimum absolute atomic E-state index is 0.0882. The summed E-state index contributed by atoms with van der Waals surface area (Å²) in [7, 11) is 1.59. The number of nitrogens with one attached hydrogen (secondary N) is 1. The Balaban J connectivity index is 1.78. The lowest BCUT2D eigenvalue weighted by molar-refractivity contribution is 0.102. The summed E-state index contributed by atoms with van der Waals surface area (Å²) >= 11 is 12.3. The maximum Gasteiger partial charge on any atom is 0.260 e. The van der Waals surface area contributed by atoms with Crippen molar-refractivity contribution >= 4 is 34.8 Å². The number of phenolic OH excluding ortho intramolecular Hbond substituents is 1. The van der Waals surface area contributed by atoms with E-state index in [4.69, 9.17) is 27.9 Å². The van der Waals surface area contributed by atoms with Crippen LogP contribution in [0.25, 0.3) is 11.1 Å². The molecular weight excluding hydrogens is 457 g/mol. The molecule has 0 atom stereocenters. The van der Waals surface area contributed by atoms with Gasteiger partial charge in [-0.3, -0.25) is 4.79 Å². The van der Waals surface area contributed by atoms with Gasteiger partial charge in [-0.25, -0.2) is 0 Å². The molecule has 0 spiro atoms. The molecule has 1 amide bonds. The standard InChI is InChI=1S/C27H21Cl2NO3/c1-33-22-13-6-17(7-14-22)23-15-8-19(16-18-4-2-3-5-24(18)29)26(31)25(23)27(32)30-21-11-9-20(28)10-12-21/h2-15,31H,16H2,1H3,(H,30,32). The number of benzene rings is 4. The number of amides is 1. The van der Waals surface area contributed by atoms with Crippen molar-refractivity contribution in [1.82, 2.24) is 0 Å². The zero-order valence-electron chi connectivity index (χ0n) is 17.8. The second kappa shape index (κ2) is 9.99. The van der Waals surface area contributed by atoms with Crippen LogP contribution in [-0.2, 0) is 6.42 Å². The first-order valence-corrected chi connectivity index (χ1v) is 11.0. The fraction of sp³-hybridized carbons (Fsp3) is 0.0741. The number of anilines is 1. The summed E-state index contributed by atoms with van der Waals surface area (Å²) < 4.78 is 5.24. The fourth-order valence-electron chi connectivity index (χ4n) is 3.59. The van der Waals surface area contributed by atoms with E-state index in [-0.39, 0.29) is 11.3 Å². The topological polar surface area (TPSA) is 58.6 Å². The first kappa shape index (κ1) is 22.7. The minimum atomic E-state index is -0.429. The van der Waals surface area contributed by atoms with Crippen LogP contribution in [0.3, 0.4) is 0 Å². The lowest BCUT2D eigenvalue weighted by Crippen LogP contribution is -2.14. The normalized spacial score (nSPS) is 10.6. The third-order valence-corrected chi connectivity index (χ3v) is 5.95. The van der Waals surface area contributed by atoms with Crippen LogP contribution in [0.2, 0.25) is 10.0 Å². The molecule has 0 heterocycles. The average Bonchev–Trinajstić information content (AvgIpc) is 2.83. The molecule has 2 N–H and O–H groups in total. The Hall–Kier alpha value is -3.47. The SMILES string of the molecule is COc1ccc(-c2ccc(Cc3ccccc3Cl)c(O)c2C(=O)Nc2ccc(Cl)cc2)cc1. The van der Waals surface area contributed by atoms with Crippen molar-refractivity contribution in [2.24, 2.45) is 0 Å². The number of rotatable bonds is 6. The van der Waals surface area contributed by atoms with Crippen LogP contribution in [0.15, 0.2) is 84.9 Å². The zero-order valence-corrected chi connectivity index (χ0v) is 19.3. The van der Waals surface area contributed by atoms with Gasteiger partial charge < -0.3 is 15.2 Å². The van der Waals surface area contributed by atoms with Gasteiger partial charge in [0.2, 0.25) is 0 Å². The van der Waals surface area contributed by atoms with Crippen LogP contribution in [0.4, 0.5) is 5.69 Å². The smallest absolute Gasteiger partial charge is 0.260 e. The molecule has 0 aliphatic carbocycles. The predicted octanol–water partition coefficient (Wildman–Crippen LogP) is 7.22. The number of hydrogen-bond donors (Lipinski definition) is 2. The molecule has 0 aromatic heterocycles. The van der Waals surface area contributed by atoms with Crippen molar-refractivity contribution in [2.45, 2.75) is 6.42 Å². The van der Waals surface area contributed by atoms with Crippen LogP contribution in [-0.4, -0.2) is 18.1 Å². The first-order valence-electron chi connectivity index (χ1n) is 10.3. The van der Waals surface area contributed by atoms with E-state index >= 15 is 0 Å². The van der Waals surface area contributed by atoms with Crippen LogP contribution in [0.5, 0.6) is 11.5 Å². The zero-order chi connectivity index (χ0) is 23.4. The van der Waals surface area contributed by atoms with Gasteiger partial charge in [-0.15, -0.1) is 0 Å². The number of carbonyl (C=O) groups is 1. The Morgan fingerprint density at radius 1 is 0.879 bits per heavy atom. The Morgan fingerprint density at radius 2 is 1.58 bits per heavy atom. The van der Waals surface area contributed by atoms with Crippen molar-refractivity contribution in [3.63, 3.8) is 0 Å². The molecule has 0 unspecified atom stereocenters. The van der Waals surface area contributed by atoms with Gasteiger partial charge >= 0.3 is 0 Å². The third-order valence-electron chi connectivity index (χ3n) is 5.33. The minimum Gasteiger partial charge on any atom is -0.507 e. The molecule has 0 saturated heterocycles. The quantitative estimate of drug-likeness (QED) is 0.308. The fourth-order valence-corrected chi connectivity index (χ4v) is 3.92. The second-order valence-corrected chi connectivity index (χ2v) is 8.30. The van der Waals surface area contributed by atoms with Crippen molar-refractivity contribution in [2.75, 3.05) is 12.4 Å². The molecule has 4 nitrogen and oxygen atoms in total. The lowest BCUT2D eigenvalue weighted by Gasteiger charge is -2.16. The Kier molecular flexibility index (Phi) is 6.87. The van der Waals surface area contributed by atoms with Crippen molar-refractivity contribution < 1.29 is 14.6 Å². The largest absolute Gasteiger partial charge is 0.507 e. The van der Waals surface area contributed by atoms with Gasteiger partial charge in [-0.2, -0.15) is 0 Å². The number of aromatic hydroxyl groups is 1. The number of methoxy groups -OCH3 is 1. The summed E-state index contributed by atoms with van der Waals surface area (Å²) in [4.78, 5) is 13.4. The number of halogens is 2. The van der Waals surface area contributed by atoms with Crippen LogP contribution < -0.4 is 10.1 Å². The molecule has 0 bridgehead atoms. The van der Waals surface area contributed by atoms with Gasteiger partial charge in [-0.05, 0) is 64.7 Å². The molecule has 0 aliphatic rings. The summed E-state index contributed by atoms with van der Waals surface area (Å²) in [6, 6.07) is 25.2. The first-order chi connectivity index (χ1) is 16.0. The molecule has 0 saturated carbocycles. The van der Waals surface area contributed by atoms with E-state index in [1.807, 2.05) is 54.6 Å². The van der Waals surface area contributed by atoms with E-state index in [2.05, 4.69) is 5.32 Å². The molecule has 33 heavy (non-hydrogen) atoms. The van der Waals surface area contributed by atoms with E-state index in [9.17, 15) is 9.90 Å². The van der Waals surface area contributed by atoms with E-state index in [1.165, 1.54) is 0 Å². The Morgan fingerprint density at radius 3 is 2.24 bits per heavy atom. The summed E-state index contributed by atoms with van der Waals surface area (Å²) in [5.74, 6) is 0.182. The molecule has 6 heteroatoms. The van der Waals surface area contributed by atoms with E-state index in [0.29, 0.717) is 39.0 Å². The molecule has 4 aromatic rings. The Labute approximate surface area is 202 Å². The molecule has 4 rings (SSSR count). The predicted molar refractivity (Wildman–Crippen MR) is 134 cm³/mol. The van der Waals surface area contributed by atoms with Crippen LogP contribution >= 0.6 is 23.2 Å². The monoisotopic (exact) mass is 477 g/mol. The number of hydrogen-bond acceptors (Lipinski definition) is 3. The summed E-state index contributed by atoms with van der Waals surface area (Å²) in [5, 5.41) is 15.2. The summed E-state index contributed by atoms with van der Waals surface area (Å²) in [5.41, 5.74) is 3.58. The maximum absolute atomic E-state index is 13.4. The van der Waals surface area contributed by atoms with E-state index in [0.717, 1.165) is 11.1 Å². The highest BCUT2D eigenvalue weighted by molar-refractivity contribution is 6.31. The van der Waals surface area contributed by atoms with E-state index < -0.39 is 5.91 Å². The van der Waals surface area contributed by atoms with Gasteiger partial charge in [0.25, 0.3) is 5.91 Å². The highest BCUT2D eigenvalue weighted by atomic mass is 35.5. The molecule has 0 radical (unpaired) electrons. The molecular formula is C27H21Cl2NO3. The summed E-state index contributed by atoms with van der Waals surface area (Å²) in [6.07, 6.45) is 0.385. The van der Waals surface area contributed by atoms with Crippen LogP contribution in [0.1, 0.15) is 21.5 Å². The molecule has 0 aliphatic heterocycles. The van der Waals surface area contributed by atoms with Gasteiger partial charge in [0.1, 0.15) is 11.5 Å². The van der Waals surface area contributed by atoms with Crippen molar-refractivity contribution in [3.05, 3.63) is 112 Å².